The molecule has 1 amide bonds. The largest absolute Gasteiger partial charge is 0.352 e. The van der Waals surface area contributed by atoms with E-state index in [0.717, 1.165) is 35.9 Å². The predicted molar refractivity (Wildman–Crippen MR) is 90.2 cm³/mol. The molecular formula is C17H21N3OS. The van der Waals surface area contributed by atoms with Crippen molar-refractivity contribution < 1.29 is 4.79 Å². The number of amides is 1. The average molecular weight is 315 g/mol. The Morgan fingerprint density at radius 2 is 2.41 bits per heavy atom. The number of carbonyl (C=O) groups is 1. The molecule has 1 atom stereocenters. The number of hydrogen-bond acceptors (Lipinski definition) is 4. The van der Waals surface area contributed by atoms with Crippen LogP contribution in [0.1, 0.15) is 28.2 Å². The van der Waals surface area contributed by atoms with E-state index >= 15 is 0 Å². The lowest BCUT2D eigenvalue weighted by molar-refractivity contribution is 0.0945. The molecule has 0 saturated carbocycles. The van der Waals surface area contributed by atoms with Gasteiger partial charge in [0, 0.05) is 23.1 Å². The van der Waals surface area contributed by atoms with Crippen molar-refractivity contribution in [1.29, 1.82) is 0 Å². The van der Waals surface area contributed by atoms with Gasteiger partial charge >= 0.3 is 0 Å². The lowest BCUT2D eigenvalue weighted by atomic mass is 9.99. The summed E-state index contributed by atoms with van der Waals surface area (Å²) in [4.78, 5) is 16.8. The molecule has 1 aromatic carbocycles. The SMILES string of the molecule is Cc1nc(-c2cccc(C(=O)NCC3CCCNC3)c2)cs1. The van der Waals surface area contributed by atoms with Crippen molar-refractivity contribution in [3.8, 4) is 11.3 Å². The first kappa shape index (κ1) is 15.2. The first-order chi connectivity index (χ1) is 10.7. The topological polar surface area (TPSA) is 54.0 Å². The molecule has 1 aliphatic heterocycles. The molecule has 2 N–H and O–H groups in total. The number of nitrogens with one attached hydrogen (secondary N) is 2. The van der Waals surface area contributed by atoms with Crippen LogP contribution >= 0.6 is 11.3 Å². The van der Waals surface area contributed by atoms with Crippen LogP contribution in [0.4, 0.5) is 0 Å². The lowest BCUT2D eigenvalue weighted by Gasteiger charge is -2.22. The van der Waals surface area contributed by atoms with Crippen molar-refractivity contribution in [2.45, 2.75) is 19.8 Å². The molecular weight excluding hydrogens is 294 g/mol. The van der Waals surface area contributed by atoms with E-state index in [-0.39, 0.29) is 5.91 Å². The standard InChI is InChI=1S/C17H21N3OS/c1-12-20-16(11-22-12)14-5-2-6-15(8-14)17(21)19-10-13-4-3-7-18-9-13/h2,5-6,8,11,13,18H,3-4,7,9-10H2,1H3,(H,19,21). The zero-order chi connectivity index (χ0) is 15.4. The molecule has 2 heterocycles. The second-order valence-corrected chi connectivity index (χ2v) is 6.82. The second kappa shape index (κ2) is 7.03. The normalized spacial score (nSPS) is 18.1. The fourth-order valence-electron chi connectivity index (χ4n) is 2.75. The van der Waals surface area contributed by atoms with E-state index in [9.17, 15) is 4.79 Å². The van der Waals surface area contributed by atoms with Crippen molar-refractivity contribution in [2.24, 2.45) is 5.92 Å². The number of hydrogen-bond donors (Lipinski definition) is 2. The van der Waals surface area contributed by atoms with E-state index in [4.69, 9.17) is 0 Å². The van der Waals surface area contributed by atoms with Crippen LogP contribution in [-0.4, -0.2) is 30.5 Å². The molecule has 5 heteroatoms. The van der Waals surface area contributed by atoms with Crippen molar-refractivity contribution in [2.75, 3.05) is 19.6 Å². The number of piperidine rings is 1. The highest BCUT2D eigenvalue weighted by Crippen LogP contribution is 2.22. The maximum atomic E-state index is 12.3. The zero-order valence-electron chi connectivity index (χ0n) is 12.8. The number of aryl methyl sites for hydroxylation is 1. The van der Waals surface area contributed by atoms with Crippen LogP contribution in [0.5, 0.6) is 0 Å². The molecule has 0 spiro atoms. The van der Waals surface area contributed by atoms with Crippen LogP contribution in [0.25, 0.3) is 11.3 Å². The third-order valence-corrected chi connectivity index (χ3v) is 4.76. The van der Waals surface area contributed by atoms with Gasteiger partial charge in [-0.3, -0.25) is 4.79 Å². The molecule has 3 rings (SSSR count). The molecule has 1 fully saturated rings. The molecule has 2 aromatic rings. The van der Waals surface area contributed by atoms with Crippen molar-refractivity contribution in [3.63, 3.8) is 0 Å². The van der Waals surface area contributed by atoms with Gasteiger partial charge in [-0.15, -0.1) is 11.3 Å². The predicted octanol–water partition coefficient (Wildman–Crippen LogP) is 2.85. The fourth-order valence-corrected chi connectivity index (χ4v) is 3.38. The van der Waals surface area contributed by atoms with Gasteiger partial charge in [0.1, 0.15) is 0 Å². The third-order valence-electron chi connectivity index (χ3n) is 3.99. The van der Waals surface area contributed by atoms with Gasteiger partial charge in [-0.2, -0.15) is 0 Å². The molecule has 0 aliphatic carbocycles. The Hall–Kier alpha value is -1.72. The van der Waals surface area contributed by atoms with Gasteiger partial charge in [-0.25, -0.2) is 4.98 Å². The Labute approximate surface area is 135 Å². The summed E-state index contributed by atoms with van der Waals surface area (Å²) in [6.45, 7) is 4.83. The summed E-state index contributed by atoms with van der Waals surface area (Å²) < 4.78 is 0. The van der Waals surface area contributed by atoms with Crippen LogP contribution in [0.3, 0.4) is 0 Å². The Bertz CT molecular complexity index is 647. The maximum Gasteiger partial charge on any atom is 0.251 e. The first-order valence-electron chi connectivity index (χ1n) is 7.74. The minimum absolute atomic E-state index is 0.000579. The van der Waals surface area contributed by atoms with Gasteiger partial charge in [0.15, 0.2) is 0 Å². The van der Waals surface area contributed by atoms with Gasteiger partial charge in [0.25, 0.3) is 5.91 Å². The molecule has 4 nitrogen and oxygen atoms in total. The van der Waals surface area contributed by atoms with E-state index in [1.54, 1.807) is 11.3 Å². The van der Waals surface area contributed by atoms with Crippen molar-refractivity contribution in [1.82, 2.24) is 15.6 Å². The van der Waals surface area contributed by atoms with Gasteiger partial charge < -0.3 is 10.6 Å². The average Bonchev–Trinajstić information content (AvgIpc) is 3.00. The minimum atomic E-state index is -0.000579. The molecule has 0 radical (unpaired) electrons. The van der Waals surface area contributed by atoms with Gasteiger partial charge in [0.05, 0.1) is 10.7 Å². The minimum Gasteiger partial charge on any atom is -0.352 e. The quantitative estimate of drug-likeness (QED) is 0.912. The highest BCUT2D eigenvalue weighted by molar-refractivity contribution is 7.09. The van der Waals surface area contributed by atoms with Crippen LogP contribution in [0.15, 0.2) is 29.6 Å². The monoisotopic (exact) mass is 315 g/mol. The highest BCUT2D eigenvalue weighted by atomic mass is 32.1. The molecule has 1 unspecified atom stereocenters. The molecule has 1 saturated heterocycles. The van der Waals surface area contributed by atoms with E-state index in [1.165, 1.54) is 12.8 Å². The number of carbonyl (C=O) groups excluding carboxylic acids is 1. The first-order valence-corrected chi connectivity index (χ1v) is 8.62. The summed E-state index contributed by atoms with van der Waals surface area (Å²) in [5.74, 6) is 0.543. The Morgan fingerprint density at radius 1 is 1.50 bits per heavy atom. The summed E-state index contributed by atoms with van der Waals surface area (Å²) >= 11 is 1.62. The Balaban J connectivity index is 1.65. The second-order valence-electron chi connectivity index (χ2n) is 5.75. The Morgan fingerprint density at radius 3 is 3.14 bits per heavy atom. The third kappa shape index (κ3) is 3.72. The summed E-state index contributed by atoms with van der Waals surface area (Å²) in [5, 5.41) is 9.49. The summed E-state index contributed by atoms with van der Waals surface area (Å²) in [6.07, 6.45) is 2.38. The summed E-state index contributed by atoms with van der Waals surface area (Å²) in [5.41, 5.74) is 2.64. The number of thiazole rings is 1. The molecule has 0 bridgehead atoms. The molecule has 1 aliphatic rings. The van der Waals surface area contributed by atoms with Crippen molar-refractivity contribution >= 4 is 17.2 Å². The van der Waals surface area contributed by atoms with Crippen LogP contribution in [-0.2, 0) is 0 Å². The van der Waals surface area contributed by atoms with Gasteiger partial charge in [0.2, 0.25) is 0 Å². The van der Waals surface area contributed by atoms with E-state index < -0.39 is 0 Å². The Kier molecular flexibility index (Phi) is 4.85. The highest BCUT2D eigenvalue weighted by Gasteiger charge is 2.15. The zero-order valence-corrected chi connectivity index (χ0v) is 13.6. The van der Waals surface area contributed by atoms with Crippen LogP contribution < -0.4 is 10.6 Å². The summed E-state index contributed by atoms with van der Waals surface area (Å²) in [6, 6.07) is 7.69. The number of rotatable bonds is 4. The number of benzene rings is 1. The van der Waals surface area contributed by atoms with E-state index in [1.807, 2.05) is 36.6 Å². The number of aromatic nitrogens is 1. The maximum absolute atomic E-state index is 12.3. The molecule has 116 valence electrons. The van der Waals surface area contributed by atoms with Gasteiger partial charge in [-0.05, 0) is 50.9 Å². The van der Waals surface area contributed by atoms with Gasteiger partial charge in [-0.1, -0.05) is 12.1 Å². The van der Waals surface area contributed by atoms with E-state index in [0.29, 0.717) is 11.5 Å². The van der Waals surface area contributed by atoms with E-state index in [2.05, 4.69) is 15.6 Å². The van der Waals surface area contributed by atoms with Crippen LogP contribution in [0.2, 0.25) is 0 Å². The molecule has 1 aromatic heterocycles. The number of nitrogens with zero attached hydrogens (tertiary/aromatic N) is 1. The van der Waals surface area contributed by atoms with Crippen molar-refractivity contribution in [3.05, 3.63) is 40.2 Å². The fraction of sp³-hybridized carbons (Fsp3) is 0.412. The smallest absolute Gasteiger partial charge is 0.251 e. The summed E-state index contributed by atoms with van der Waals surface area (Å²) in [7, 11) is 0. The van der Waals surface area contributed by atoms with Crippen LogP contribution in [0, 0.1) is 12.8 Å². The lowest BCUT2D eigenvalue weighted by Crippen LogP contribution is -2.38. The molecule has 22 heavy (non-hydrogen) atoms.